The largest absolute Gasteiger partial charge is 0.347 e. The molecule has 160 valence electrons. The van der Waals surface area contributed by atoms with Gasteiger partial charge in [-0.1, -0.05) is 13.8 Å². The molecule has 1 aromatic carbocycles. The van der Waals surface area contributed by atoms with Gasteiger partial charge in [0.25, 0.3) is 0 Å². The number of benzene rings is 1. The Bertz CT molecular complexity index is 1260. The first-order valence-corrected chi connectivity index (χ1v) is 11.2. The van der Waals surface area contributed by atoms with Crippen molar-refractivity contribution < 1.29 is 8.78 Å². The minimum Gasteiger partial charge on any atom is -0.347 e. The van der Waals surface area contributed by atoms with Crippen LogP contribution in [0.1, 0.15) is 50.0 Å². The molecule has 0 radical (unpaired) electrons. The topological polar surface area (TPSA) is 46.3 Å². The molecule has 0 unspecified atom stereocenters. The summed E-state index contributed by atoms with van der Waals surface area (Å²) in [6, 6.07) is 5.54. The van der Waals surface area contributed by atoms with Gasteiger partial charge < -0.3 is 4.90 Å². The molecule has 5 rings (SSSR count). The molecule has 1 fully saturated rings. The highest BCUT2D eigenvalue weighted by atomic mass is 32.1. The van der Waals surface area contributed by atoms with Crippen LogP contribution >= 0.6 is 11.3 Å². The van der Waals surface area contributed by atoms with Crippen LogP contribution in [0, 0.1) is 11.6 Å². The number of fused-ring (bicyclic) bond motifs is 1. The predicted molar refractivity (Wildman–Crippen MR) is 118 cm³/mol. The van der Waals surface area contributed by atoms with Crippen LogP contribution < -0.4 is 4.90 Å². The van der Waals surface area contributed by atoms with Crippen LogP contribution in [0.25, 0.3) is 16.2 Å². The van der Waals surface area contributed by atoms with Crippen LogP contribution in [0.4, 0.5) is 14.6 Å². The van der Waals surface area contributed by atoms with E-state index in [0.29, 0.717) is 23.7 Å². The molecule has 0 N–H and O–H groups in total. The van der Waals surface area contributed by atoms with E-state index in [9.17, 15) is 8.78 Å². The Morgan fingerprint density at radius 2 is 2.00 bits per heavy atom. The zero-order valence-electron chi connectivity index (χ0n) is 17.6. The van der Waals surface area contributed by atoms with Gasteiger partial charge in [0.2, 0.25) is 0 Å². The normalized spacial score (nSPS) is 19.1. The van der Waals surface area contributed by atoms with Crippen molar-refractivity contribution in [2.24, 2.45) is 0 Å². The molecular formula is C23H23F2N5S. The molecule has 1 saturated heterocycles. The number of rotatable bonds is 4. The monoisotopic (exact) mass is 439 g/mol. The zero-order chi connectivity index (χ0) is 21.8. The summed E-state index contributed by atoms with van der Waals surface area (Å²) in [6.07, 6.45) is 7.14. The summed E-state index contributed by atoms with van der Waals surface area (Å²) in [5.74, 6) is 0.295. The van der Waals surface area contributed by atoms with E-state index in [4.69, 9.17) is 4.98 Å². The van der Waals surface area contributed by atoms with Gasteiger partial charge in [-0.3, -0.25) is 0 Å². The Labute approximate surface area is 183 Å². The molecule has 5 nitrogen and oxygen atoms in total. The van der Waals surface area contributed by atoms with E-state index < -0.39 is 17.2 Å². The van der Waals surface area contributed by atoms with Gasteiger partial charge in [-0.25, -0.2) is 23.3 Å². The fraction of sp³-hybridized carbons (Fsp3) is 0.348. The molecule has 0 saturated carbocycles. The Morgan fingerprint density at radius 3 is 2.77 bits per heavy atom. The van der Waals surface area contributed by atoms with E-state index in [1.807, 2.05) is 25.4 Å². The minimum absolute atomic E-state index is 0.363. The van der Waals surface area contributed by atoms with Crippen molar-refractivity contribution in [3.63, 3.8) is 0 Å². The SMILES string of the molecule is CC(C)c1cnc(-c2cnn3ccc(N4CCC[C@]4(C)c4cc(F)ccc4F)nc23)s1. The minimum atomic E-state index is -0.677. The highest BCUT2D eigenvalue weighted by Crippen LogP contribution is 2.42. The molecule has 4 heterocycles. The molecule has 1 aliphatic rings. The van der Waals surface area contributed by atoms with Crippen LogP contribution in [0.15, 0.2) is 42.9 Å². The number of hydrogen-bond acceptors (Lipinski definition) is 5. The van der Waals surface area contributed by atoms with Gasteiger partial charge in [-0.2, -0.15) is 5.10 Å². The van der Waals surface area contributed by atoms with E-state index in [-0.39, 0.29) is 0 Å². The van der Waals surface area contributed by atoms with E-state index in [1.165, 1.54) is 17.0 Å². The van der Waals surface area contributed by atoms with Gasteiger partial charge in [0.1, 0.15) is 22.5 Å². The summed E-state index contributed by atoms with van der Waals surface area (Å²) in [6.45, 7) is 6.96. The maximum atomic E-state index is 14.7. The summed E-state index contributed by atoms with van der Waals surface area (Å²) in [4.78, 5) is 12.8. The Hall–Kier alpha value is -2.87. The van der Waals surface area contributed by atoms with Crippen LogP contribution in [0.2, 0.25) is 0 Å². The molecule has 8 heteroatoms. The molecular weight excluding hydrogens is 416 g/mol. The molecule has 1 atom stereocenters. The quantitative estimate of drug-likeness (QED) is 0.405. The average molecular weight is 440 g/mol. The number of thiazole rings is 1. The second-order valence-corrected chi connectivity index (χ2v) is 9.55. The lowest BCUT2D eigenvalue weighted by molar-refractivity contribution is 0.451. The van der Waals surface area contributed by atoms with Gasteiger partial charge in [-0.15, -0.1) is 11.3 Å². The van der Waals surface area contributed by atoms with Gasteiger partial charge in [0, 0.05) is 29.4 Å². The standard InChI is InChI=1S/C23H23F2N5S/c1-14(2)19-13-26-22(31-19)16-12-27-30-10-7-20(28-21(16)30)29-9-4-8-23(29,3)17-11-15(24)5-6-18(17)25/h5-7,10-14H,4,8-9H2,1-3H3/t23-/m1/s1. The number of nitrogens with zero attached hydrogens (tertiary/aromatic N) is 5. The molecule has 4 aromatic rings. The van der Waals surface area contributed by atoms with Gasteiger partial charge in [0.05, 0.1) is 17.3 Å². The maximum absolute atomic E-state index is 14.7. The summed E-state index contributed by atoms with van der Waals surface area (Å²) >= 11 is 1.64. The third-order valence-electron chi connectivity index (χ3n) is 6.10. The predicted octanol–water partition coefficient (Wildman–Crippen LogP) is 5.77. The van der Waals surface area contributed by atoms with Crippen molar-refractivity contribution in [3.05, 3.63) is 64.9 Å². The number of anilines is 1. The van der Waals surface area contributed by atoms with E-state index >= 15 is 0 Å². The fourth-order valence-electron chi connectivity index (χ4n) is 4.36. The van der Waals surface area contributed by atoms with Crippen LogP contribution in [0.3, 0.4) is 0 Å². The maximum Gasteiger partial charge on any atom is 0.167 e. The van der Waals surface area contributed by atoms with Crippen LogP contribution in [0.5, 0.6) is 0 Å². The van der Waals surface area contributed by atoms with Crippen molar-refractivity contribution in [1.82, 2.24) is 19.6 Å². The van der Waals surface area contributed by atoms with Crippen molar-refractivity contribution in [2.75, 3.05) is 11.4 Å². The highest BCUT2D eigenvalue weighted by Gasteiger charge is 2.41. The third-order valence-corrected chi connectivity index (χ3v) is 7.43. The van der Waals surface area contributed by atoms with E-state index in [0.717, 1.165) is 35.3 Å². The average Bonchev–Trinajstić information content (AvgIpc) is 3.47. The van der Waals surface area contributed by atoms with E-state index in [1.54, 1.807) is 22.0 Å². The number of hydrogen-bond donors (Lipinski definition) is 0. The Balaban J connectivity index is 1.59. The number of halogens is 2. The molecule has 3 aromatic heterocycles. The molecule has 0 bridgehead atoms. The first-order chi connectivity index (χ1) is 14.9. The fourth-order valence-corrected chi connectivity index (χ4v) is 5.28. The van der Waals surface area contributed by atoms with Crippen LogP contribution in [-0.4, -0.2) is 26.1 Å². The molecule has 0 spiro atoms. The lowest BCUT2D eigenvalue weighted by Gasteiger charge is -2.37. The lowest BCUT2D eigenvalue weighted by Crippen LogP contribution is -2.40. The molecule has 31 heavy (non-hydrogen) atoms. The summed E-state index contributed by atoms with van der Waals surface area (Å²) < 4.78 is 30.4. The Morgan fingerprint density at radius 1 is 1.16 bits per heavy atom. The number of aromatic nitrogens is 4. The second-order valence-electron chi connectivity index (χ2n) is 8.49. The van der Waals surface area contributed by atoms with Crippen LogP contribution in [-0.2, 0) is 5.54 Å². The Kier molecular flexibility index (Phi) is 4.77. The summed E-state index contributed by atoms with van der Waals surface area (Å²) in [5, 5.41) is 5.31. The molecule has 0 amide bonds. The molecule has 0 aliphatic carbocycles. The molecule has 1 aliphatic heterocycles. The third kappa shape index (κ3) is 3.29. The van der Waals surface area contributed by atoms with Crippen molar-refractivity contribution in [1.29, 1.82) is 0 Å². The van der Waals surface area contributed by atoms with E-state index in [2.05, 4.69) is 28.8 Å². The van der Waals surface area contributed by atoms with Gasteiger partial charge >= 0.3 is 0 Å². The summed E-state index contributed by atoms with van der Waals surface area (Å²) in [7, 11) is 0. The first-order valence-electron chi connectivity index (χ1n) is 10.4. The smallest absolute Gasteiger partial charge is 0.167 e. The van der Waals surface area contributed by atoms with Crippen molar-refractivity contribution >= 4 is 22.8 Å². The highest BCUT2D eigenvalue weighted by molar-refractivity contribution is 7.15. The second kappa shape index (κ2) is 7.37. The van der Waals surface area contributed by atoms with Gasteiger partial charge in [0.15, 0.2) is 5.65 Å². The van der Waals surface area contributed by atoms with Crippen molar-refractivity contribution in [3.8, 4) is 10.6 Å². The lowest BCUT2D eigenvalue weighted by atomic mass is 9.88. The van der Waals surface area contributed by atoms with Gasteiger partial charge in [-0.05, 0) is 49.9 Å². The first kappa shape index (κ1) is 20.1. The van der Waals surface area contributed by atoms with Crippen molar-refractivity contribution in [2.45, 2.75) is 45.1 Å². The summed E-state index contributed by atoms with van der Waals surface area (Å²) in [5.41, 5.74) is 1.26. The zero-order valence-corrected chi connectivity index (χ0v) is 18.5.